The van der Waals surface area contributed by atoms with Crippen LogP contribution in [0.4, 0.5) is 5.82 Å². The number of nitrogens with zero attached hydrogens (tertiary/aromatic N) is 5. The highest BCUT2D eigenvalue weighted by Crippen LogP contribution is 2.21. The summed E-state index contributed by atoms with van der Waals surface area (Å²) in [7, 11) is 2.15. The van der Waals surface area contributed by atoms with Crippen molar-refractivity contribution in [1.82, 2.24) is 14.9 Å². The van der Waals surface area contributed by atoms with E-state index in [1.54, 1.807) is 12.4 Å². The summed E-state index contributed by atoms with van der Waals surface area (Å²) in [5, 5.41) is 9.14. The molecule has 18 heavy (non-hydrogen) atoms. The highest BCUT2D eigenvalue weighted by atomic mass is 15.3. The molecule has 0 N–H and O–H groups in total. The Hall–Kier alpha value is -1.67. The molecule has 1 fully saturated rings. The van der Waals surface area contributed by atoms with Gasteiger partial charge in [-0.1, -0.05) is 6.92 Å². The molecule has 1 saturated heterocycles. The third-order valence-electron chi connectivity index (χ3n) is 3.43. The first-order chi connectivity index (χ1) is 8.76. The molecule has 1 unspecified atom stereocenters. The summed E-state index contributed by atoms with van der Waals surface area (Å²) in [6.07, 6.45) is 5.38. The van der Waals surface area contributed by atoms with Crippen LogP contribution in [0.3, 0.4) is 0 Å². The Kier molecular flexibility index (Phi) is 4.11. The summed E-state index contributed by atoms with van der Waals surface area (Å²) in [6.45, 7) is 5.22. The topological polar surface area (TPSA) is 56.1 Å². The Morgan fingerprint density at radius 3 is 2.89 bits per heavy atom. The van der Waals surface area contributed by atoms with Gasteiger partial charge in [0.05, 0.1) is 0 Å². The maximum absolute atomic E-state index is 9.14. The Morgan fingerprint density at radius 1 is 1.39 bits per heavy atom. The Bertz CT molecular complexity index is 439. The van der Waals surface area contributed by atoms with Crippen molar-refractivity contribution in [1.29, 1.82) is 5.26 Å². The molecule has 0 spiro atoms. The van der Waals surface area contributed by atoms with Crippen LogP contribution < -0.4 is 4.90 Å². The van der Waals surface area contributed by atoms with Crippen molar-refractivity contribution in [3.63, 3.8) is 0 Å². The molecule has 0 aromatic carbocycles. The lowest BCUT2D eigenvalue weighted by atomic mass is 10.2. The molecule has 1 aromatic heterocycles. The maximum atomic E-state index is 9.14. The second kappa shape index (κ2) is 5.78. The lowest BCUT2D eigenvalue weighted by molar-refractivity contribution is 0.327. The average molecular weight is 245 g/mol. The van der Waals surface area contributed by atoms with Gasteiger partial charge in [-0.25, -0.2) is 9.97 Å². The average Bonchev–Trinajstić information content (AvgIpc) is 2.60. The fourth-order valence-corrected chi connectivity index (χ4v) is 2.49. The largest absolute Gasteiger partial charge is 0.350 e. The summed E-state index contributed by atoms with van der Waals surface area (Å²) in [5.74, 6) is 0.738. The number of aromatic nitrogens is 2. The summed E-state index contributed by atoms with van der Waals surface area (Å²) < 4.78 is 0. The zero-order valence-corrected chi connectivity index (χ0v) is 11.0. The molecule has 1 aliphatic heterocycles. The molecular weight excluding hydrogens is 226 g/mol. The molecule has 0 amide bonds. The smallest absolute Gasteiger partial charge is 0.183 e. The zero-order valence-electron chi connectivity index (χ0n) is 11.0. The normalized spacial score (nSPS) is 21.4. The lowest BCUT2D eigenvalue weighted by Crippen LogP contribution is -2.40. The molecule has 2 rings (SSSR count). The number of hydrogen-bond donors (Lipinski definition) is 0. The van der Waals surface area contributed by atoms with Gasteiger partial charge >= 0.3 is 0 Å². The minimum Gasteiger partial charge on any atom is -0.350 e. The van der Waals surface area contributed by atoms with Crippen molar-refractivity contribution < 1.29 is 0 Å². The minimum atomic E-state index is 0.404. The molecule has 0 bridgehead atoms. The molecule has 5 nitrogen and oxygen atoms in total. The zero-order chi connectivity index (χ0) is 13.0. The van der Waals surface area contributed by atoms with E-state index in [1.807, 2.05) is 0 Å². The van der Waals surface area contributed by atoms with E-state index < -0.39 is 0 Å². The third kappa shape index (κ3) is 2.59. The summed E-state index contributed by atoms with van der Waals surface area (Å²) in [5.41, 5.74) is 0.431. The van der Waals surface area contributed by atoms with Crippen molar-refractivity contribution in [2.45, 2.75) is 25.8 Å². The number of anilines is 1. The first-order valence-electron chi connectivity index (χ1n) is 6.42. The van der Waals surface area contributed by atoms with Gasteiger partial charge in [0.1, 0.15) is 6.07 Å². The van der Waals surface area contributed by atoms with E-state index in [4.69, 9.17) is 5.26 Å². The van der Waals surface area contributed by atoms with Crippen molar-refractivity contribution in [2.24, 2.45) is 0 Å². The van der Waals surface area contributed by atoms with E-state index in [1.165, 1.54) is 0 Å². The van der Waals surface area contributed by atoms with Gasteiger partial charge in [-0.2, -0.15) is 5.26 Å². The third-order valence-corrected chi connectivity index (χ3v) is 3.43. The summed E-state index contributed by atoms with van der Waals surface area (Å²) in [6, 6.07) is 2.54. The molecule has 1 atom stereocenters. The van der Waals surface area contributed by atoms with E-state index in [9.17, 15) is 0 Å². The molecule has 2 heterocycles. The number of hydrogen-bond acceptors (Lipinski definition) is 5. The van der Waals surface area contributed by atoms with Gasteiger partial charge in [0.25, 0.3) is 0 Å². The molecule has 1 aliphatic rings. The van der Waals surface area contributed by atoms with E-state index in [2.05, 4.69) is 39.8 Å². The van der Waals surface area contributed by atoms with Gasteiger partial charge in [0.15, 0.2) is 11.5 Å². The van der Waals surface area contributed by atoms with Gasteiger partial charge in [-0.3, -0.25) is 0 Å². The number of likely N-dealkylation sites (N-methyl/N-ethyl adjacent to an activating group) is 1. The van der Waals surface area contributed by atoms with Crippen LogP contribution >= 0.6 is 0 Å². The highest BCUT2D eigenvalue weighted by molar-refractivity contribution is 5.50. The Labute approximate surface area is 108 Å². The van der Waals surface area contributed by atoms with Crippen LogP contribution in [0.5, 0.6) is 0 Å². The Morgan fingerprint density at radius 2 is 2.17 bits per heavy atom. The first kappa shape index (κ1) is 12.8. The minimum absolute atomic E-state index is 0.404. The van der Waals surface area contributed by atoms with Crippen LogP contribution in [-0.2, 0) is 0 Å². The monoisotopic (exact) mass is 245 g/mol. The van der Waals surface area contributed by atoms with Crippen molar-refractivity contribution >= 4 is 5.82 Å². The van der Waals surface area contributed by atoms with Gasteiger partial charge in [-0.05, 0) is 26.4 Å². The predicted octanol–water partition coefficient (Wildman–Crippen LogP) is 1.27. The van der Waals surface area contributed by atoms with Crippen molar-refractivity contribution in [3.05, 3.63) is 18.1 Å². The SMILES string of the molecule is CCC1CN(C)CCCN1c1nccnc1C#N. The predicted molar refractivity (Wildman–Crippen MR) is 70.3 cm³/mol. The van der Waals surface area contributed by atoms with Crippen LogP contribution in [-0.4, -0.2) is 47.6 Å². The molecule has 0 radical (unpaired) electrons. The van der Waals surface area contributed by atoms with Gasteiger partial charge in [0, 0.05) is 31.5 Å². The van der Waals surface area contributed by atoms with Gasteiger partial charge in [-0.15, -0.1) is 0 Å². The molecular formula is C13H19N5. The summed E-state index contributed by atoms with van der Waals surface area (Å²) in [4.78, 5) is 13.1. The van der Waals surface area contributed by atoms with Gasteiger partial charge < -0.3 is 9.80 Å². The van der Waals surface area contributed by atoms with Gasteiger partial charge in [0.2, 0.25) is 0 Å². The van der Waals surface area contributed by atoms with Crippen molar-refractivity contribution in [3.8, 4) is 6.07 Å². The second-order valence-corrected chi connectivity index (χ2v) is 4.71. The van der Waals surface area contributed by atoms with Crippen LogP contribution in [0.15, 0.2) is 12.4 Å². The lowest BCUT2D eigenvalue weighted by Gasteiger charge is -2.31. The molecule has 0 aliphatic carbocycles. The molecule has 1 aromatic rings. The van der Waals surface area contributed by atoms with Crippen LogP contribution in [0.25, 0.3) is 0 Å². The van der Waals surface area contributed by atoms with Crippen LogP contribution in [0.1, 0.15) is 25.5 Å². The molecule has 5 heteroatoms. The second-order valence-electron chi connectivity index (χ2n) is 4.71. The van der Waals surface area contributed by atoms with E-state index in [-0.39, 0.29) is 0 Å². The van der Waals surface area contributed by atoms with Crippen LogP contribution in [0.2, 0.25) is 0 Å². The molecule has 96 valence electrons. The Balaban J connectivity index is 2.32. The number of rotatable bonds is 2. The molecule has 0 saturated carbocycles. The fourth-order valence-electron chi connectivity index (χ4n) is 2.49. The first-order valence-corrected chi connectivity index (χ1v) is 6.42. The van der Waals surface area contributed by atoms with Crippen molar-refractivity contribution in [2.75, 3.05) is 31.6 Å². The fraction of sp³-hybridized carbons (Fsp3) is 0.615. The highest BCUT2D eigenvalue weighted by Gasteiger charge is 2.25. The maximum Gasteiger partial charge on any atom is 0.183 e. The van der Waals surface area contributed by atoms with E-state index in [0.29, 0.717) is 11.7 Å². The van der Waals surface area contributed by atoms with E-state index >= 15 is 0 Å². The number of nitriles is 1. The summed E-state index contributed by atoms with van der Waals surface area (Å²) >= 11 is 0. The standard InChI is InChI=1S/C13H19N5/c1-3-11-10-17(2)7-4-8-18(11)13-12(9-14)15-5-6-16-13/h5-6,11H,3-4,7-8,10H2,1-2H3. The van der Waals surface area contributed by atoms with Crippen LogP contribution in [0, 0.1) is 11.3 Å². The van der Waals surface area contributed by atoms with E-state index in [0.717, 1.165) is 38.3 Å². The quantitative estimate of drug-likeness (QED) is 0.785.